The number of nitrogens with one attached hydrogen (secondary N) is 1. The van der Waals surface area contributed by atoms with Gasteiger partial charge in [0.15, 0.2) is 5.78 Å². The summed E-state index contributed by atoms with van der Waals surface area (Å²) in [4.78, 5) is 16.4. The fourth-order valence-electron chi connectivity index (χ4n) is 2.64. The third kappa shape index (κ3) is 4.91. The first-order chi connectivity index (χ1) is 11.5. The van der Waals surface area contributed by atoms with Gasteiger partial charge in [-0.2, -0.15) is 0 Å². The number of benzene rings is 2. The molecule has 0 aromatic heterocycles. The minimum absolute atomic E-state index is 0.121. The fourth-order valence-corrected chi connectivity index (χ4v) is 2.64. The lowest BCUT2D eigenvalue weighted by atomic mass is 10.0. The van der Waals surface area contributed by atoms with Crippen LogP contribution in [0.1, 0.15) is 22.0 Å². The fraction of sp³-hybridized carbons (Fsp3) is 0.350. The van der Waals surface area contributed by atoms with Crippen LogP contribution in [0.2, 0.25) is 0 Å². The van der Waals surface area contributed by atoms with E-state index in [1.807, 2.05) is 44.4 Å². The highest BCUT2D eigenvalue weighted by atomic mass is 16.1. The first-order valence-electron chi connectivity index (χ1n) is 8.21. The Morgan fingerprint density at radius 1 is 0.958 bits per heavy atom. The van der Waals surface area contributed by atoms with Gasteiger partial charge in [-0.3, -0.25) is 4.79 Å². The lowest BCUT2D eigenvalue weighted by Gasteiger charge is -2.25. The normalized spacial score (nSPS) is 12.2. The van der Waals surface area contributed by atoms with Crippen LogP contribution in [0.4, 0.5) is 5.69 Å². The maximum Gasteiger partial charge on any atom is 0.176 e. The summed E-state index contributed by atoms with van der Waals surface area (Å²) in [6.07, 6.45) is 0. The van der Waals surface area contributed by atoms with Crippen molar-refractivity contribution in [3.05, 3.63) is 65.7 Å². The summed E-state index contributed by atoms with van der Waals surface area (Å²) in [7, 11) is 8.20. The molecule has 0 heterocycles. The van der Waals surface area contributed by atoms with Crippen LogP contribution in [-0.4, -0.2) is 52.0 Å². The second kappa shape index (κ2) is 8.62. The molecule has 128 valence electrons. The zero-order chi connectivity index (χ0) is 17.5. The zero-order valence-electron chi connectivity index (χ0n) is 15.0. The standard InChI is InChI=1S/C20H27N3O/c1-22(2)18-12-10-16(11-13-18)19(23(3)4)14-21-15-20(24)17-8-6-5-7-9-17/h5-13,19,21H,14-15H2,1-4H3. The van der Waals surface area contributed by atoms with Crippen LogP contribution in [0.25, 0.3) is 0 Å². The molecule has 4 heteroatoms. The summed E-state index contributed by atoms with van der Waals surface area (Å²) < 4.78 is 0. The van der Waals surface area contributed by atoms with Crippen molar-refractivity contribution < 1.29 is 4.79 Å². The summed E-state index contributed by atoms with van der Waals surface area (Å²) in [5.74, 6) is 0.121. The lowest BCUT2D eigenvalue weighted by molar-refractivity contribution is 0.0988. The van der Waals surface area contributed by atoms with E-state index in [-0.39, 0.29) is 11.8 Å². The summed E-state index contributed by atoms with van der Waals surface area (Å²) in [5.41, 5.74) is 3.18. The van der Waals surface area contributed by atoms with Crippen molar-refractivity contribution in [2.45, 2.75) is 6.04 Å². The van der Waals surface area contributed by atoms with E-state index in [0.29, 0.717) is 6.54 Å². The molecule has 0 amide bonds. The van der Waals surface area contributed by atoms with Crippen LogP contribution in [0.15, 0.2) is 54.6 Å². The van der Waals surface area contributed by atoms with Gasteiger partial charge in [-0.25, -0.2) is 0 Å². The van der Waals surface area contributed by atoms with Crippen molar-refractivity contribution in [3.63, 3.8) is 0 Å². The molecule has 2 rings (SSSR count). The summed E-state index contributed by atoms with van der Waals surface area (Å²) >= 11 is 0. The predicted molar refractivity (Wildman–Crippen MR) is 101 cm³/mol. The second-order valence-electron chi connectivity index (χ2n) is 6.39. The van der Waals surface area contributed by atoms with Crippen molar-refractivity contribution in [2.24, 2.45) is 0 Å². The zero-order valence-corrected chi connectivity index (χ0v) is 15.0. The topological polar surface area (TPSA) is 35.6 Å². The monoisotopic (exact) mass is 325 g/mol. The Bertz CT molecular complexity index is 636. The minimum Gasteiger partial charge on any atom is -0.378 e. The molecule has 1 unspecified atom stereocenters. The largest absolute Gasteiger partial charge is 0.378 e. The highest BCUT2D eigenvalue weighted by Crippen LogP contribution is 2.20. The molecule has 0 radical (unpaired) electrons. The molecule has 24 heavy (non-hydrogen) atoms. The Balaban J connectivity index is 1.95. The van der Waals surface area contributed by atoms with Gasteiger partial charge >= 0.3 is 0 Å². The Hall–Kier alpha value is -2.17. The molecule has 1 atom stereocenters. The molecule has 0 spiro atoms. The van der Waals surface area contributed by atoms with Crippen molar-refractivity contribution in [1.29, 1.82) is 0 Å². The van der Waals surface area contributed by atoms with Crippen LogP contribution in [-0.2, 0) is 0 Å². The van der Waals surface area contributed by atoms with Crippen LogP contribution in [0.3, 0.4) is 0 Å². The number of hydrogen-bond acceptors (Lipinski definition) is 4. The summed E-state index contributed by atoms with van der Waals surface area (Å²) in [5, 5.41) is 3.30. The lowest BCUT2D eigenvalue weighted by Crippen LogP contribution is -2.33. The maximum absolute atomic E-state index is 12.2. The molecule has 0 aliphatic heterocycles. The average Bonchev–Trinajstić information content (AvgIpc) is 2.59. The SMILES string of the molecule is CN(C)c1ccc(C(CNCC(=O)c2ccccc2)N(C)C)cc1. The van der Waals surface area contributed by atoms with E-state index in [1.165, 1.54) is 11.3 Å². The Morgan fingerprint density at radius 2 is 1.58 bits per heavy atom. The van der Waals surface area contributed by atoms with E-state index in [4.69, 9.17) is 0 Å². The molecule has 0 fully saturated rings. The first-order valence-corrected chi connectivity index (χ1v) is 8.21. The van der Waals surface area contributed by atoms with Gasteiger partial charge < -0.3 is 15.1 Å². The van der Waals surface area contributed by atoms with Gasteiger partial charge in [0.05, 0.1) is 6.54 Å². The van der Waals surface area contributed by atoms with Crippen LogP contribution < -0.4 is 10.2 Å². The minimum atomic E-state index is 0.121. The summed E-state index contributed by atoms with van der Waals surface area (Å²) in [6, 6.07) is 18.2. The number of likely N-dealkylation sites (N-methyl/N-ethyl adjacent to an activating group) is 1. The van der Waals surface area contributed by atoms with Gasteiger partial charge in [0.1, 0.15) is 0 Å². The van der Waals surface area contributed by atoms with Gasteiger partial charge in [0.2, 0.25) is 0 Å². The molecule has 2 aromatic carbocycles. The molecule has 0 aliphatic carbocycles. The highest BCUT2D eigenvalue weighted by molar-refractivity contribution is 5.97. The molecule has 0 bridgehead atoms. The number of rotatable bonds is 8. The number of anilines is 1. The number of Topliss-reactive ketones (excluding diaryl/α,β-unsaturated/α-hetero) is 1. The third-order valence-electron chi connectivity index (χ3n) is 4.14. The highest BCUT2D eigenvalue weighted by Gasteiger charge is 2.15. The van der Waals surface area contributed by atoms with E-state index in [1.54, 1.807) is 0 Å². The number of hydrogen-bond donors (Lipinski definition) is 1. The maximum atomic E-state index is 12.2. The Kier molecular flexibility index (Phi) is 6.53. The van der Waals surface area contributed by atoms with Crippen LogP contribution in [0.5, 0.6) is 0 Å². The molecule has 0 saturated heterocycles. The number of nitrogens with zero attached hydrogens (tertiary/aromatic N) is 2. The summed E-state index contributed by atoms with van der Waals surface area (Å²) in [6.45, 7) is 1.08. The van der Waals surface area contributed by atoms with E-state index in [9.17, 15) is 4.79 Å². The Morgan fingerprint density at radius 3 is 2.12 bits per heavy atom. The van der Waals surface area contributed by atoms with Crippen molar-refractivity contribution in [2.75, 3.05) is 46.2 Å². The molecule has 2 aromatic rings. The van der Waals surface area contributed by atoms with E-state index < -0.39 is 0 Å². The molecule has 0 saturated carbocycles. The first kappa shape index (κ1) is 18.2. The van der Waals surface area contributed by atoms with Crippen LogP contribution >= 0.6 is 0 Å². The van der Waals surface area contributed by atoms with E-state index >= 15 is 0 Å². The predicted octanol–water partition coefficient (Wildman–Crippen LogP) is 2.83. The number of carbonyl (C=O) groups is 1. The third-order valence-corrected chi connectivity index (χ3v) is 4.14. The van der Waals surface area contributed by atoms with Crippen molar-refractivity contribution >= 4 is 11.5 Å². The van der Waals surface area contributed by atoms with Crippen LogP contribution in [0, 0.1) is 0 Å². The van der Waals surface area contributed by atoms with E-state index in [2.05, 4.69) is 53.5 Å². The van der Waals surface area contributed by atoms with Gasteiger partial charge in [0.25, 0.3) is 0 Å². The smallest absolute Gasteiger partial charge is 0.176 e. The van der Waals surface area contributed by atoms with Gasteiger partial charge in [-0.1, -0.05) is 42.5 Å². The Labute approximate surface area is 145 Å². The van der Waals surface area contributed by atoms with Crippen molar-refractivity contribution in [3.8, 4) is 0 Å². The van der Waals surface area contributed by atoms with Gasteiger partial charge in [0, 0.05) is 37.9 Å². The molecular formula is C20H27N3O. The second-order valence-corrected chi connectivity index (χ2v) is 6.39. The molecule has 0 aliphatic rings. The molecule has 4 nitrogen and oxygen atoms in total. The number of carbonyl (C=O) groups excluding carboxylic acids is 1. The van der Waals surface area contributed by atoms with Crippen molar-refractivity contribution in [1.82, 2.24) is 10.2 Å². The number of ketones is 1. The van der Waals surface area contributed by atoms with Gasteiger partial charge in [-0.15, -0.1) is 0 Å². The molecule has 1 N–H and O–H groups in total. The average molecular weight is 325 g/mol. The molecular weight excluding hydrogens is 298 g/mol. The van der Waals surface area contributed by atoms with E-state index in [0.717, 1.165) is 12.1 Å². The quantitative estimate of drug-likeness (QED) is 0.757. The van der Waals surface area contributed by atoms with Gasteiger partial charge in [-0.05, 0) is 31.8 Å².